The van der Waals surface area contributed by atoms with E-state index < -0.39 is 0 Å². The highest BCUT2D eigenvalue weighted by Crippen LogP contribution is 2.35. The zero-order valence-corrected chi connectivity index (χ0v) is 10.0. The van der Waals surface area contributed by atoms with Crippen LogP contribution in [0.1, 0.15) is 53.4 Å². The van der Waals surface area contributed by atoms with Gasteiger partial charge in [0.15, 0.2) is 0 Å². The van der Waals surface area contributed by atoms with Gasteiger partial charge in [0, 0.05) is 12.3 Å². The summed E-state index contributed by atoms with van der Waals surface area (Å²) in [6, 6.07) is 0. The first-order valence-electron chi connectivity index (χ1n) is 6.09. The van der Waals surface area contributed by atoms with Crippen molar-refractivity contribution in [1.29, 1.82) is 0 Å². The fourth-order valence-electron chi connectivity index (χ4n) is 2.48. The summed E-state index contributed by atoms with van der Waals surface area (Å²) in [5.41, 5.74) is 0. The van der Waals surface area contributed by atoms with Gasteiger partial charge in [-0.3, -0.25) is 4.79 Å². The predicted molar refractivity (Wildman–Crippen MR) is 60.1 cm³/mol. The Bertz CT molecular complexity index is 195. The first-order valence-corrected chi connectivity index (χ1v) is 6.09. The van der Waals surface area contributed by atoms with Gasteiger partial charge in [0.05, 0.1) is 0 Å². The minimum absolute atomic E-state index is 0.355. The van der Waals surface area contributed by atoms with Crippen LogP contribution in [-0.4, -0.2) is 5.78 Å². The molecule has 0 N–H and O–H groups in total. The van der Waals surface area contributed by atoms with E-state index in [1.54, 1.807) is 0 Å². The van der Waals surface area contributed by atoms with Gasteiger partial charge in [0.1, 0.15) is 5.78 Å². The van der Waals surface area contributed by atoms with Crippen LogP contribution in [0.2, 0.25) is 0 Å². The number of rotatable bonds is 3. The quantitative estimate of drug-likeness (QED) is 0.673. The van der Waals surface area contributed by atoms with Gasteiger partial charge < -0.3 is 0 Å². The van der Waals surface area contributed by atoms with Gasteiger partial charge in [-0.1, -0.05) is 34.1 Å². The first kappa shape index (κ1) is 11.7. The molecule has 1 nitrogen and oxygen atoms in total. The lowest BCUT2D eigenvalue weighted by Crippen LogP contribution is -2.31. The number of hydrogen-bond acceptors (Lipinski definition) is 1. The molecule has 0 saturated heterocycles. The van der Waals surface area contributed by atoms with Crippen LogP contribution in [0.15, 0.2) is 0 Å². The van der Waals surface area contributed by atoms with E-state index >= 15 is 0 Å². The second-order valence-electron chi connectivity index (χ2n) is 5.22. The van der Waals surface area contributed by atoms with Gasteiger partial charge >= 0.3 is 0 Å². The van der Waals surface area contributed by atoms with Crippen LogP contribution in [0.3, 0.4) is 0 Å². The van der Waals surface area contributed by atoms with Gasteiger partial charge in [0.2, 0.25) is 0 Å². The van der Waals surface area contributed by atoms with Crippen molar-refractivity contribution < 1.29 is 4.79 Å². The lowest BCUT2D eigenvalue weighted by Gasteiger charge is -2.33. The molecule has 1 saturated carbocycles. The van der Waals surface area contributed by atoms with Crippen LogP contribution in [0.4, 0.5) is 0 Å². The summed E-state index contributed by atoms with van der Waals surface area (Å²) in [6.45, 7) is 8.95. The van der Waals surface area contributed by atoms with E-state index in [1.807, 2.05) is 0 Å². The summed E-state index contributed by atoms with van der Waals surface area (Å²) in [6.07, 6.45) is 4.36. The molecule has 0 aromatic carbocycles. The summed E-state index contributed by atoms with van der Waals surface area (Å²) in [4.78, 5) is 11.8. The largest absolute Gasteiger partial charge is 0.299 e. The third-order valence-corrected chi connectivity index (χ3v) is 4.06. The minimum atomic E-state index is 0.355. The summed E-state index contributed by atoms with van der Waals surface area (Å²) >= 11 is 0. The first-order chi connectivity index (χ1) is 6.56. The zero-order chi connectivity index (χ0) is 10.7. The van der Waals surface area contributed by atoms with E-state index in [0.717, 1.165) is 25.2 Å². The zero-order valence-electron chi connectivity index (χ0n) is 10.0. The molecular weight excluding hydrogens is 172 g/mol. The Labute approximate surface area is 88.3 Å². The monoisotopic (exact) mass is 196 g/mol. The topological polar surface area (TPSA) is 17.1 Å². The Kier molecular flexibility index (Phi) is 4.15. The van der Waals surface area contributed by atoms with Crippen molar-refractivity contribution in [3.63, 3.8) is 0 Å². The van der Waals surface area contributed by atoms with Crippen LogP contribution in [0.25, 0.3) is 0 Å². The Balaban J connectivity index is 2.60. The van der Waals surface area contributed by atoms with Crippen molar-refractivity contribution in [3.05, 3.63) is 0 Å². The van der Waals surface area contributed by atoms with Crippen LogP contribution < -0.4 is 0 Å². The van der Waals surface area contributed by atoms with Crippen molar-refractivity contribution in [3.8, 4) is 0 Å². The molecule has 82 valence electrons. The van der Waals surface area contributed by atoms with Crippen molar-refractivity contribution >= 4 is 5.78 Å². The Morgan fingerprint density at radius 1 is 1.36 bits per heavy atom. The fraction of sp³-hybridized carbons (Fsp3) is 0.923. The van der Waals surface area contributed by atoms with Crippen LogP contribution in [0.5, 0.6) is 0 Å². The molecule has 1 aliphatic carbocycles. The summed E-state index contributed by atoms with van der Waals surface area (Å²) in [5.74, 6) is 2.89. The third-order valence-electron chi connectivity index (χ3n) is 4.06. The molecule has 1 rings (SSSR count). The van der Waals surface area contributed by atoms with Gasteiger partial charge in [-0.25, -0.2) is 0 Å². The maximum atomic E-state index is 11.8. The maximum Gasteiger partial charge on any atom is 0.136 e. The van der Waals surface area contributed by atoms with Crippen molar-refractivity contribution in [2.24, 2.45) is 23.7 Å². The number of carbonyl (C=O) groups excluding carboxylic acids is 1. The third kappa shape index (κ3) is 2.59. The molecule has 0 bridgehead atoms. The van der Waals surface area contributed by atoms with Crippen LogP contribution in [0, 0.1) is 23.7 Å². The minimum Gasteiger partial charge on any atom is -0.299 e. The maximum absolute atomic E-state index is 11.8. The molecule has 0 amide bonds. The molecule has 0 spiro atoms. The molecule has 14 heavy (non-hydrogen) atoms. The Hall–Kier alpha value is -0.330. The summed E-state index contributed by atoms with van der Waals surface area (Å²) in [5, 5.41) is 0. The molecule has 1 fully saturated rings. The molecule has 0 heterocycles. The number of carbonyl (C=O) groups is 1. The number of hydrogen-bond donors (Lipinski definition) is 0. The molecule has 3 unspecified atom stereocenters. The van der Waals surface area contributed by atoms with E-state index in [2.05, 4.69) is 27.7 Å². The molecule has 1 heteroatoms. The number of Topliss-reactive ketones (excluding diaryl/α,β-unsaturated/α-hetero) is 1. The second-order valence-corrected chi connectivity index (χ2v) is 5.22. The van der Waals surface area contributed by atoms with Crippen molar-refractivity contribution in [2.75, 3.05) is 0 Å². The average Bonchev–Trinajstić information content (AvgIpc) is 2.17. The predicted octanol–water partition coefficient (Wildman–Crippen LogP) is 3.67. The standard InChI is InChI=1S/C13H24O/c1-5-11-6-7-13(14)12(8-11)10(4)9(2)3/h9-12H,5-8H2,1-4H3. The summed E-state index contributed by atoms with van der Waals surface area (Å²) < 4.78 is 0. The molecule has 0 aromatic rings. The van der Waals surface area contributed by atoms with Gasteiger partial charge in [-0.15, -0.1) is 0 Å². The van der Waals surface area contributed by atoms with E-state index in [4.69, 9.17) is 0 Å². The highest BCUT2D eigenvalue weighted by Gasteiger charge is 2.32. The second kappa shape index (κ2) is 4.95. The van der Waals surface area contributed by atoms with Crippen molar-refractivity contribution in [1.82, 2.24) is 0 Å². The molecule has 3 atom stereocenters. The Morgan fingerprint density at radius 2 is 2.00 bits per heavy atom. The van der Waals surface area contributed by atoms with Gasteiger partial charge in [-0.05, 0) is 30.6 Å². The normalized spacial score (nSPS) is 30.8. The highest BCUT2D eigenvalue weighted by atomic mass is 16.1. The SMILES string of the molecule is CCC1CCC(=O)C(C(C)C(C)C)C1. The highest BCUT2D eigenvalue weighted by molar-refractivity contribution is 5.82. The van der Waals surface area contributed by atoms with E-state index in [-0.39, 0.29) is 0 Å². The molecule has 0 radical (unpaired) electrons. The van der Waals surface area contributed by atoms with Crippen molar-refractivity contribution in [2.45, 2.75) is 53.4 Å². The molecule has 1 aliphatic rings. The number of ketones is 1. The molecule has 0 aromatic heterocycles. The van der Waals surface area contributed by atoms with E-state index in [9.17, 15) is 4.79 Å². The van der Waals surface area contributed by atoms with Crippen LogP contribution in [-0.2, 0) is 4.79 Å². The average molecular weight is 196 g/mol. The Morgan fingerprint density at radius 3 is 2.50 bits per heavy atom. The van der Waals surface area contributed by atoms with Crippen LogP contribution >= 0.6 is 0 Å². The molecular formula is C13H24O. The fourth-order valence-corrected chi connectivity index (χ4v) is 2.48. The summed E-state index contributed by atoms with van der Waals surface area (Å²) in [7, 11) is 0. The lowest BCUT2D eigenvalue weighted by molar-refractivity contribution is -0.128. The lowest BCUT2D eigenvalue weighted by atomic mass is 9.71. The van der Waals surface area contributed by atoms with Gasteiger partial charge in [-0.2, -0.15) is 0 Å². The smallest absolute Gasteiger partial charge is 0.136 e. The van der Waals surface area contributed by atoms with E-state index in [1.165, 1.54) is 6.42 Å². The molecule has 0 aliphatic heterocycles. The van der Waals surface area contributed by atoms with E-state index in [0.29, 0.717) is 23.5 Å². The van der Waals surface area contributed by atoms with Gasteiger partial charge in [0.25, 0.3) is 0 Å².